The monoisotopic (exact) mass is 390 g/mol. The number of methoxy groups -OCH3 is 1. The molecule has 2 aromatic carbocycles. The van der Waals surface area contributed by atoms with Crippen LogP contribution in [0.3, 0.4) is 0 Å². The van der Waals surface area contributed by atoms with Crippen molar-refractivity contribution in [1.29, 1.82) is 0 Å². The van der Waals surface area contributed by atoms with Crippen LogP contribution in [0.5, 0.6) is 5.75 Å². The quantitative estimate of drug-likeness (QED) is 0.729. The van der Waals surface area contributed by atoms with E-state index >= 15 is 0 Å². The van der Waals surface area contributed by atoms with Crippen LogP contribution in [0.25, 0.3) is 0 Å². The molecular weight excluding hydrogens is 364 g/mol. The minimum absolute atomic E-state index is 0.0263. The second-order valence-electron chi connectivity index (χ2n) is 6.48. The van der Waals surface area contributed by atoms with Gasteiger partial charge >= 0.3 is 0 Å². The van der Waals surface area contributed by atoms with E-state index in [-0.39, 0.29) is 16.6 Å². The van der Waals surface area contributed by atoms with E-state index in [1.54, 1.807) is 18.0 Å². The molecule has 0 bridgehead atoms. The molecule has 6 nitrogen and oxygen atoms in total. The predicted octanol–water partition coefficient (Wildman–Crippen LogP) is 2.78. The van der Waals surface area contributed by atoms with E-state index in [1.165, 1.54) is 38.9 Å². The number of aryl methyl sites for hydroxylation is 1. The normalized spacial score (nSPS) is 11.5. The second kappa shape index (κ2) is 8.54. The van der Waals surface area contributed by atoms with Crippen LogP contribution < -0.4 is 4.74 Å². The summed E-state index contributed by atoms with van der Waals surface area (Å²) in [5.41, 5.74) is 2.54. The molecule has 2 rings (SSSR count). The Balaban J connectivity index is 2.29. The van der Waals surface area contributed by atoms with E-state index in [4.69, 9.17) is 4.74 Å². The summed E-state index contributed by atoms with van der Waals surface area (Å²) < 4.78 is 31.3. The van der Waals surface area contributed by atoms with E-state index in [2.05, 4.69) is 6.92 Å². The van der Waals surface area contributed by atoms with E-state index in [9.17, 15) is 13.2 Å². The largest absolute Gasteiger partial charge is 0.495 e. The summed E-state index contributed by atoms with van der Waals surface area (Å²) in [5.74, 6) is -0.0505. The van der Waals surface area contributed by atoms with E-state index in [0.717, 1.165) is 16.3 Å². The number of nitrogens with zero attached hydrogens (tertiary/aromatic N) is 2. The van der Waals surface area contributed by atoms with Gasteiger partial charge < -0.3 is 9.64 Å². The first-order chi connectivity index (χ1) is 12.7. The van der Waals surface area contributed by atoms with Crippen LogP contribution in [0.1, 0.15) is 28.4 Å². The molecule has 1 amide bonds. The lowest BCUT2D eigenvalue weighted by molar-refractivity contribution is 0.0785. The van der Waals surface area contributed by atoms with Crippen LogP contribution in [-0.2, 0) is 23.0 Å². The van der Waals surface area contributed by atoms with Gasteiger partial charge in [0.2, 0.25) is 10.0 Å². The SMILES string of the molecule is CCc1ccc(CN(C)C(=O)c2ccc(OC)c(S(=O)(=O)N(C)C)c2)cc1. The fourth-order valence-corrected chi connectivity index (χ4v) is 3.73. The lowest BCUT2D eigenvalue weighted by Crippen LogP contribution is -2.27. The first kappa shape index (κ1) is 20.9. The van der Waals surface area contributed by atoms with Gasteiger partial charge in [0.1, 0.15) is 10.6 Å². The Morgan fingerprint density at radius 2 is 1.59 bits per heavy atom. The van der Waals surface area contributed by atoms with Crippen molar-refractivity contribution in [2.24, 2.45) is 0 Å². The number of amides is 1. The molecule has 0 atom stereocenters. The number of rotatable bonds is 7. The van der Waals surface area contributed by atoms with Gasteiger partial charge in [-0.1, -0.05) is 31.2 Å². The van der Waals surface area contributed by atoms with Crippen molar-refractivity contribution in [2.45, 2.75) is 24.8 Å². The zero-order valence-electron chi connectivity index (χ0n) is 16.4. The maximum absolute atomic E-state index is 12.8. The molecular formula is C20H26N2O4S. The van der Waals surface area contributed by atoms with Gasteiger partial charge in [0.05, 0.1) is 7.11 Å². The summed E-state index contributed by atoms with van der Waals surface area (Å²) in [6.45, 7) is 2.53. The summed E-state index contributed by atoms with van der Waals surface area (Å²) in [7, 11) is 2.24. The highest BCUT2D eigenvalue weighted by Gasteiger charge is 2.24. The van der Waals surface area contributed by atoms with Crippen molar-refractivity contribution in [3.63, 3.8) is 0 Å². The van der Waals surface area contributed by atoms with Crippen LogP contribution in [-0.4, -0.2) is 51.8 Å². The number of hydrogen-bond acceptors (Lipinski definition) is 4. The topological polar surface area (TPSA) is 66.9 Å². The Morgan fingerprint density at radius 3 is 2.11 bits per heavy atom. The Morgan fingerprint density at radius 1 is 1.00 bits per heavy atom. The first-order valence-corrected chi connectivity index (χ1v) is 10.1. The smallest absolute Gasteiger partial charge is 0.253 e. The molecule has 0 aliphatic carbocycles. The summed E-state index contributed by atoms with van der Waals surface area (Å²) in [4.78, 5) is 14.3. The molecule has 0 radical (unpaired) electrons. The van der Waals surface area contributed by atoms with Crippen LogP contribution in [0, 0.1) is 0 Å². The highest BCUT2D eigenvalue weighted by molar-refractivity contribution is 7.89. The van der Waals surface area contributed by atoms with E-state index in [1.807, 2.05) is 24.3 Å². The zero-order chi connectivity index (χ0) is 20.2. The number of sulfonamides is 1. The second-order valence-corrected chi connectivity index (χ2v) is 8.60. The van der Waals surface area contributed by atoms with Crippen LogP contribution >= 0.6 is 0 Å². The third-order valence-electron chi connectivity index (χ3n) is 4.37. The number of hydrogen-bond donors (Lipinski definition) is 0. The van der Waals surface area contributed by atoms with Gasteiger partial charge in [0, 0.05) is 33.3 Å². The van der Waals surface area contributed by atoms with Gasteiger partial charge in [-0.05, 0) is 35.7 Å². The molecule has 0 unspecified atom stereocenters. The molecule has 0 fully saturated rings. The highest BCUT2D eigenvalue weighted by Crippen LogP contribution is 2.27. The standard InChI is InChI=1S/C20H26N2O4S/c1-6-15-7-9-16(10-8-15)14-22(4)20(23)17-11-12-18(26-5)19(13-17)27(24,25)21(2)3/h7-13H,6,14H2,1-5H3. The predicted molar refractivity (Wildman–Crippen MR) is 105 cm³/mol. The van der Waals surface area contributed by atoms with E-state index in [0.29, 0.717) is 12.1 Å². The average Bonchev–Trinajstić information content (AvgIpc) is 2.67. The van der Waals surface area contributed by atoms with Crippen molar-refractivity contribution < 1.29 is 17.9 Å². The Hall–Kier alpha value is -2.38. The highest BCUT2D eigenvalue weighted by atomic mass is 32.2. The third kappa shape index (κ3) is 4.67. The van der Waals surface area contributed by atoms with Crippen LogP contribution in [0.2, 0.25) is 0 Å². The average molecular weight is 391 g/mol. The molecule has 0 saturated carbocycles. The summed E-state index contributed by atoms with van der Waals surface area (Å²) in [5, 5.41) is 0. The van der Waals surface area contributed by atoms with Gasteiger partial charge in [-0.3, -0.25) is 4.79 Å². The molecule has 0 saturated heterocycles. The zero-order valence-corrected chi connectivity index (χ0v) is 17.2. The van der Waals surface area contributed by atoms with Crippen molar-refractivity contribution in [3.05, 3.63) is 59.2 Å². The summed E-state index contributed by atoms with van der Waals surface area (Å²) in [6.07, 6.45) is 0.962. The number of carbonyl (C=O) groups is 1. The minimum atomic E-state index is -3.73. The molecule has 27 heavy (non-hydrogen) atoms. The molecule has 2 aromatic rings. The van der Waals surface area contributed by atoms with Crippen LogP contribution in [0.4, 0.5) is 0 Å². The lowest BCUT2D eigenvalue weighted by Gasteiger charge is -2.19. The minimum Gasteiger partial charge on any atom is -0.495 e. The molecule has 7 heteroatoms. The molecule has 146 valence electrons. The van der Waals surface area contributed by atoms with Gasteiger partial charge in [-0.15, -0.1) is 0 Å². The maximum Gasteiger partial charge on any atom is 0.253 e. The molecule has 0 aromatic heterocycles. The lowest BCUT2D eigenvalue weighted by atomic mass is 10.1. The summed E-state index contributed by atoms with van der Waals surface area (Å²) >= 11 is 0. The first-order valence-electron chi connectivity index (χ1n) is 8.64. The molecule has 0 heterocycles. The van der Waals surface area contributed by atoms with E-state index < -0.39 is 10.0 Å². The molecule has 0 N–H and O–H groups in total. The molecule has 0 aliphatic heterocycles. The van der Waals surface area contributed by atoms with Gasteiger partial charge in [0.15, 0.2) is 0 Å². The molecule has 0 aliphatic rings. The van der Waals surface area contributed by atoms with Crippen molar-refractivity contribution >= 4 is 15.9 Å². The Bertz CT molecular complexity index is 906. The van der Waals surface area contributed by atoms with Crippen molar-refractivity contribution in [1.82, 2.24) is 9.21 Å². The maximum atomic E-state index is 12.8. The van der Waals surface area contributed by atoms with Gasteiger partial charge in [-0.2, -0.15) is 0 Å². The van der Waals surface area contributed by atoms with Gasteiger partial charge in [-0.25, -0.2) is 12.7 Å². The molecule has 0 spiro atoms. The van der Waals surface area contributed by atoms with Crippen molar-refractivity contribution in [3.8, 4) is 5.75 Å². The number of ether oxygens (including phenoxy) is 1. The summed E-state index contributed by atoms with van der Waals surface area (Å²) in [6, 6.07) is 12.5. The third-order valence-corrected chi connectivity index (χ3v) is 6.20. The van der Waals surface area contributed by atoms with Gasteiger partial charge in [0.25, 0.3) is 5.91 Å². The van der Waals surface area contributed by atoms with Crippen LogP contribution in [0.15, 0.2) is 47.4 Å². The fourth-order valence-electron chi connectivity index (χ4n) is 2.65. The number of benzene rings is 2. The number of carbonyl (C=O) groups excluding carboxylic acids is 1. The van der Waals surface area contributed by atoms with Crippen molar-refractivity contribution in [2.75, 3.05) is 28.3 Å². The Labute approximate surface area is 161 Å². The Kier molecular flexibility index (Phi) is 6.62. The fraction of sp³-hybridized carbons (Fsp3) is 0.350.